The van der Waals surface area contributed by atoms with E-state index in [-0.39, 0.29) is 0 Å². The second-order valence-electron chi connectivity index (χ2n) is 4.60. The van der Waals surface area contributed by atoms with Crippen LogP contribution >= 0.6 is 11.8 Å². The Labute approximate surface area is 129 Å². The molecule has 0 fully saturated rings. The average molecular weight is 299 g/mol. The number of nitrogens with zero attached hydrogens (tertiary/aromatic N) is 1. The van der Waals surface area contributed by atoms with Crippen LogP contribution in [0.4, 0.5) is 0 Å². The molecule has 3 nitrogen and oxygen atoms in total. The van der Waals surface area contributed by atoms with Crippen LogP contribution in [0.15, 0.2) is 46.2 Å². The number of hydrogen-bond acceptors (Lipinski definition) is 4. The molecule has 0 radical (unpaired) electrons. The summed E-state index contributed by atoms with van der Waals surface area (Å²) in [4.78, 5) is 2.11. The lowest BCUT2D eigenvalue weighted by Crippen LogP contribution is -1.90. The minimum Gasteiger partial charge on any atom is -0.497 e. The van der Waals surface area contributed by atoms with Gasteiger partial charge in [0.1, 0.15) is 11.5 Å². The normalized spacial score (nSPS) is 10.0. The second-order valence-corrected chi connectivity index (χ2v) is 5.71. The summed E-state index contributed by atoms with van der Waals surface area (Å²) in [6.45, 7) is 2.05. The van der Waals surface area contributed by atoms with Crippen LogP contribution < -0.4 is 9.47 Å². The summed E-state index contributed by atoms with van der Waals surface area (Å²) >= 11 is 1.62. The van der Waals surface area contributed by atoms with Crippen LogP contribution in [0.25, 0.3) is 0 Å². The molecule has 0 aliphatic rings. The Bertz CT molecular complexity index is 655. The zero-order chi connectivity index (χ0) is 15.2. The fourth-order valence-electron chi connectivity index (χ4n) is 1.96. The van der Waals surface area contributed by atoms with E-state index in [1.807, 2.05) is 37.3 Å². The van der Waals surface area contributed by atoms with Crippen molar-refractivity contribution in [3.63, 3.8) is 0 Å². The molecule has 4 heteroatoms. The number of rotatable bonds is 5. The zero-order valence-corrected chi connectivity index (χ0v) is 13.2. The van der Waals surface area contributed by atoms with Crippen LogP contribution in [0.3, 0.4) is 0 Å². The molecule has 0 spiro atoms. The Hall–Kier alpha value is -2.12. The Balaban J connectivity index is 2.37. The van der Waals surface area contributed by atoms with Crippen molar-refractivity contribution in [1.29, 1.82) is 5.26 Å². The van der Waals surface area contributed by atoms with Crippen LogP contribution in [-0.2, 0) is 6.42 Å². The lowest BCUT2D eigenvalue weighted by atomic mass is 10.1. The highest BCUT2D eigenvalue weighted by molar-refractivity contribution is 7.99. The van der Waals surface area contributed by atoms with E-state index < -0.39 is 0 Å². The first-order valence-electron chi connectivity index (χ1n) is 6.53. The van der Waals surface area contributed by atoms with Crippen LogP contribution in [0.2, 0.25) is 0 Å². The Morgan fingerprint density at radius 1 is 1.05 bits per heavy atom. The van der Waals surface area contributed by atoms with Crippen LogP contribution in [-0.4, -0.2) is 14.2 Å². The van der Waals surface area contributed by atoms with Crippen LogP contribution in [0.1, 0.15) is 11.1 Å². The van der Waals surface area contributed by atoms with Gasteiger partial charge in [0.15, 0.2) is 0 Å². The van der Waals surface area contributed by atoms with Crippen molar-refractivity contribution < 1.29 is 9.47 Å². The summed E-state index contributed by atoms with van der Waals surface area (Å²) in [5.41, 5.74) is 2.21. The van der Waals surface area contributed by atoms with E-state index >= 15 is 0 Å². The minimum absolute atomic E-state index is 0.406. The summed E-state index contributed by atoms with van der Waals surface area (Å²) in [7, 11) is 3.27. The second kappa shape index (κ2) is 7.05. The predicted octanol–water partition coefficient (Wildman–Crippen LogP) is 4.23. The van der Waals surface area contributed by atoms with Gasteiger partial charge in [0.2, 0.25) is 0 Å². The molecule has 2 aromatic carbocycles. The molecular formula is C17H17NO2S. The number of aryl methyl sites for hydroxylation is 1. The molecule has 0 saturated heterocycles. The SMILES string of the molecule is COc1cc(OC)cc(Sc2cc(C)ccc2CC#N)c1. The average Bonchev–Trinajstić information content (AvgIpc) is 2.49. The quantitative estimate of drug-likeness (QED) is 0.828. The summed E-state index contributed by atoms with van der Waals surface area (Å²) < 4.78 is 10.6. The molecule has 0 aliphatic carbocycles. The zero-order valence-electron chi connectivity index (χ0n) is 12.3. The van der Waals surface area contributed by atoms with Gasteiger partial charge < -0.3 is 9.47 Å². The van der Waals surface area contributed by atoms with E-state index in [9.17, 15) is 0 Å². The predicted molar refractivity (Wildman–Crippen MR) is 84.2 cm³/mol. The molecule has 0 saturated carbocycles. The van der Waals surface area contributed by atoms with E-state index in [1.165, 1.54) is 5.56 Å². The van der Waals surface area contributed by atoms with Crippen LogP contribution in [0, 0.1) is 18.3 Å². The minimum atomic E-state index is 0.406. The lowest BCUT2D eigenvalue weighted by molar-refractivity contribution is 0.392. The van der Waals surface area contributed by atoms with Crippen molar-refractivity contribution in [3.05, 3.63) is 47.5 Å². The van der Waals surface area contributed by atoms with Gasteiger partial charge in [-0.3, -0.25) is 0 Å². The molecule has 21 heavy (non-hydrogen) atoms. The van der Waals surface area contributed by atoms with Gasteiger partial charge in [-0.05, 0) is 36.2 Å². The topological polar surface area (TPSA) is 42.2 Å². The van der Waals surface area contributed by atoms with E-state index in [0.717, 1.165) is 26.9 Å². The third kappa shape index (κ3) is 3.93. The molecule has 0 N–H and O–H groups in total. The molecule has 0 bridgehead atoms. The van der Waals surface area contributed by atoms with Gasteiger partial charge in [0.25, 0.3) is 0 Å². The van der Waals surface area contributed by atoms with E-state index in [4.69, 9.17) is 14.7 Å². The largest absolute Gasteiger partial charge is 0.497 e. The van der Waals surface area contributed by atoms with Crippen LogP contribution in [0.5, 0.6) is 11.5 Å². The molecule has 0 atom stereocenters. The summed E-state index contributed by atoms with van der Waals surface area (Å²) in [5.74, 6) is 1.51. The van der Waals surface area contributed by atoms with Crippen molar-refractivity contribution in [2.24, 2.45) is 0 Å². The molecule has 2 rings (SSSR count). The molecule has 0 heterocycles. The highest BCUT2D eigenvalue weighted by Crippen LogP contribution is 2.36. The summed E-state index contributed by atoms with van der Waals surface area (Å²) in [6, 6.07) is 14.1. The maximum absolute atomic E-state index is 8.94. The Kier molecular flexibility index (Phi) is 5.13. The summed E-state index contributed by atoms with van der Waals surface area (Å²) in [6.07, 6.45) is 0.406. The number of methoxy groups -OCH3 is 2. The monoisotopic (exact) mass is 299 g/mol. The molecule has 0 amide bonds. The maximum Gasteiger partial charge on any atom is 0.123 e. The van der Waals surface area contributed by atoms with E-state index in [0.29, 0.717) is 6.42 Å². The third-order valence-corrected chi connectivity index (χ3v) is 4.12. The van der Waals surface area contributed by atoms with Crippen molar-refractivity contribution in [2.45, 2.75) is 23.1 Å². The number of nitriles is 1. The fraction of sp³-hybridized carbons (Fsp3) is 0.235. The van der Waals surface area contributed by atoms with Crippen molar-refractivity contribution >= 4 is 11.8 Å². The molecule has 108 valence electrons. The number of ether oxygens (including phenoxy) is 2. The highest BCUT2D eigenvalue weighted by atomic mass is 32.2. The van der Waals surface area contributed by atoms with E-state index in [2.05, 4.69) is 12.1 Å². The third-order valence-electron chi connectivity index (χ3n) is 3.04. The molecule has 0 unspecified atom stereocenters. The van der Waals surface area contributed by atoms with E-state index in [1.54, 1.807) is 26.0 Å². The highest BCUT2D eigenvalue weighted by Gasteiger charge is 2.08. The van der Waals surface area contributed by atoms with Gasteiger partial charge in [0.05, 0.1) is 26.7 Å². The van der Waals surface area contributed by atoms with Gasteiger partial charge in [-0.2, -0.15) is 5.26 Å². The van der Waals surface area contributed by atoms with Crippen molar-refractivity contribution in [2.75, 3.05) is 14.2 Å². The molecule has 0 aliphatic heterocycles. The molecule has 2 aromatic rings. The number of hydrogen-bond donors (Lipinski definition) is 0. The maximum atomic E-state index is 8.94. The smallest absolute Gasteiger partial charge is 0.123 e. The van der Waals surface area contributed by atoms with Gasteiger partial charge in [-0.25, -0.2) is 0 Å². The standard InChI is InChI=1S/C17H17NO2S/c1-12-4-5-13(6-7-18)17(8-12)21-16-10-14(19-2)9-15(11-16)20-3/h4-5,8-11H,6H2,1-3H3. The Morgan fingerprint density at radius 3 is 2.29 bits per heavy atom. The molecule has 0 aromatic heterocycles. The van der Waals surface area contributed by atoms with Crippen molar-refractivity contribution in [3.8, 4) is 17.6 Å². The molecular weight excluding hydrogens is 282 g/mol. The van der Waals surface area contributed by atoms with Gasteiger partial charge in [0, 0.05) is 15.9 Å². The van der Waals surface area contributed by atoms with Gasteiger partial charge in [-0.1, -0.05) is 23.9 Å². The lowest BCUT2D eigenvalue weighted by Gasteiger charge is -2.11. The Morgan fingerprint density at radius 2 is 1.71 bits per heavy atom. The van der Waals surface area contributed by atoms with Gasteiger partial charge in [-0.15, -0.1) is 0 Å². The summed E-state index contributed by atoms with van der Waals surface area (Å²) in [5, 5.41) is 8.94. The first kappa shape index (κ1) is 15.3. The fourth-order valence-corrected chi connectivity index (χ4v) is 3.08. The van der Waals surface area contributed by atoms with Crippen molar-refractivity contribution in [1.82, 2.24) is 0 Å². The number of benzene rings is 2. The first-order chi connectivity index (χ1) is 10.2. The van der Waals surface area contributed by atoms with Gasteiger partial charge >= 0.3 is 0 Å². The first-order valence-corrected chi connectivity index (χ1v) is 7.35.